The number of aliphatic hydroxyl groups excluding tert-OH is 1. The zero-order valence-corrected chi connectivity index (χ0v) is 16.9. The molecule has 0 spiro atoms. The predicted octanol–water partition coefficient (Wildman–Crippen LogP) is 3.53. The van der Waals surface area contributed by atoms with Crippen LogP contribution in [0.15, 0.2) is 42.7 Å². The van der Waals surface area contributed by atoms with Crippen molar-refractivity contribution < 1.29 is 5.11 Å². The first-order valence-electron chi connectivity index (χ1n) is 8.74. The third-order valence-electron chi connectivity index (χ3n) is 4.42. The average molecular weight is 430 g/mol. The first-order chi connectivity index (χ1) is 13.9. The van der Waals surface area contributed by atoms with Crippen LogP contribution in [-0.4, -0.2) is 36.0 Å². The third-order valence-corrected chi connectivity index (χ3v) is 5.25. The Morgan fingerprint density at radius 3 is 2.83 bits per heavy atom. The molecule has 0 saturated heterocycles. The molecule has 148 valence electrons. The largest absolute Gasteiger partial charge is 0.387 e. The maximum atomic E-state index is 10.4. The van der Waals surface area contributed by atoms with Gasteiger partial charge in [-0.15, -0.1) is 0 Å². The van der Waals surface area contributed by atoms with Crippen molar-refractivity contribution in [2.75, 3.05) is 17.6 Å². The van der Waals surface area contributed by atoms with Crippen molar-refractivity contribution in [3.8, 4) is 11.4 Å². The van der Waals surface area contributed by atoms with Gasteiger partial charge in [0.25, 0.3) is 0 Å². The van der Waals surface area contributed by atoms with E-state index >= 15 is 0 Å². The number of aromatic nitrogens is 5. The Morgan fingerprint density at radius 2 is 2.00 bits per heavy atom. The zero-order valence-electron chi connectivity index (χ0n) is 15.3. The fourth-order valence-electron chi connectivity index (χ4n) is 2.93. The van der Waals surface area contributed by atoms with Crippen molar-refractivity contribution in [1.82, 2.24) is 24.3 Å². The lowest BCUT2D eigenvalue weighted by atomic mass is 10.1. The van der Waals surface area contributed by atoms with Gasteiger partial charge in [0.2, 0.25) is 11.9 Å². The number of rotatable bonds is 5. The number of halogens is 2. The van der Waals surface area contributed by atoms with E-state index in [9.17, 15) is 5.11 Å². The molecule has 29 heavy (non-hydrogen) atoms. The van der Waals surface area contributed by atoms with Gasteiger partial charge in [0, 0.05) is 23.9 Å². The van der Waals surface area contributed by atoms with Crippen LogP contribution in [0.1, 0.15) is 17.5 Å². The molecule has 8 nitrogen and oxygen atoms in total. The topological polar surface area (TPSA) is 114 Å². The van der Waals surface area contributed by atoms with Gasteiger partial charge >= 0.3 is 0 Å². The van der Waals surface area contributed by atoms with E-state index in [-0.39, 0.29) is 18.4 Å². The van der Waals surface area contributed by atoms with E-state index in [1.165, 1.54) is 0 Å². The number of hydrogen-bond donors (Lipinski definition) is 3. The van der Waals surface area contributed by atoms with Crippen molar-refractivity contribution in [3.05, 3.63) is 64.2 Å². The SMILES string of the molecule is Cc1ncc2ccc(-c3nc(N)nc(NC[C@@H](O)c4cccc(Cl)c4Cl)n3)cn12. The number of nitrogen functional groups attached to an aromatic ring is 1. The Balaban J connectivity index is 1.58. The number of aryl methyl sites for hydroxylation is 1. The standard InChI is InChI=1S/C19H17Cl2N7O/c1-10-23-7-12-6-5-11(9-28(10)12)17-25-18(22)27-19(26-17)24-8-15(29)13-3-2-4-14(20)16(13)21/h2-7,9,15,29H,8H2,1H3,(H3,22,24,25,26,27)/t15-/m1/s1. The van der Waals surface area contributed by atoms with Crippen LogP contribution >= 0.6 is 23.2 Å². The van der Waals surface area contributed by atoms with Crippen molar-refractivity contribution in [2.24, 2.45) is 0 Å². The molecule has 0 fully saturated rings. The number of anilines is 2. The van der Waals surface area contributed by atoms with Gasteiger partial charge in [0.15, 0.2) is 5.82 Å². The number of fused-ring (bicyclic) bond motifs is 1. The fourth-order valence-corrected chi connectivity index (χ4v) is 3.36. The summed E-state index contributed by atoms with van der Waals surface area (Å²) in [5.41, 5.74) is 8.09. The first-order valence-corrected chi connectivity index (χ1v) is 9.49. The number of pyridine rings is 1. The molecular formula is C19H17Cl2N7O. The zero-order chi connectivity index (χ0) is 20.5. The van der Waals surface area contributed by atoms with Crippen molar-refractivity contribution in [3.63, 3.8) is 0 Å². The fraction of sp³-hybridized carbons (Fsp3) is 0.158. The van der Waals surface area contributed by atoms with Gasteiger partial charge in [-0.25, -0.2) is 4.98 Å². The Hall–Kier alpha value is -2.94. The van der Waals surface area contributed by atoms with Gasteiger partial charge < -0.3 is 20.6 Å². The number of imidazole rings is 1. The minimum atomic E-state index is -0.910. The van der Waals surface area contributed by atoms with E-state index in [4.69, 9.17) is 28.9 Å². The molecule has 4 N–H and O–H groups in total. The molecular weight excluding hydrogens is 413 g/mol. The summed E-state index contributed by atoms with van der Waals surface area (Å²) in [5, 5.41) is 14.1. The molecule has 0 unspecified atom stereocenters. The summed E-state index contributed by atoms with van der Waals surface area (Å²) in [4.78, 5) is 17.0. The highest BCUT2D eigenvalue weighted by Crippen LogP contribution is 2.30. The van der Waals surface area contributed by atoms with Gasteiger partial charge in [-0.1, -0.05) is 35.3 Å². The molecule has 0 aliphatic rings. The summed E-state index contributed by atoms with van der Waals surface area (Å²) < 4.78 is 1.94. The van der Waals surface area contributed by atoms with Crippen LogP contribution in [0.3, 0.4) is 0 Å². The third kappa shape index (κ3) is 3.95. The van der Waals surface area contributed by atoms with E-state index in [0.717, 1.165) is 16.9 Å². The van der Waals surface area contributed by atoms with E-state index in [2.05, 4.69) is 25.3 Å². The van der Waals surface area contributed by atoms with E-state index < -0.39 is 6.10 Å². The molecule has 0 bridgehead atoms. The maximum Gasteiger partial charge on any atom is 0.228 e. The van der Waals surface area contributed by atoms with Gasteiger partial charge in [0.05, 0.1) is 27.9 Å². The molecule has 0 aliphatic carbocycles. The van der Waals surface area contributed by atoms with Crippen LogP contribution in [0.25, 0.3) is 16.9 Å². The second-order valence-corrected chi connectivity index (χ2v) is 7.18. The minimum absolute atomic E-state index is 0.0650. The molecule has 0 saturated carbocycles. The first kappa shape index (κ1) is 19.4. The molecule has 0 radical (unpaired) electrons. The summed E-state index contributed by atoms with van der Waals surface area (Å²) in [6.45, 7) is 2.02. The molecule has 4 aromatic rings. The highest BCUT2D eigenvalue weighted by atomic mass is 35.5. The molecule has 3 aromatic heterocycles. The van der Waals surface area contributed by atoms with Crippen LogP contribution in [0.2, 0.25) is 10.0 Å². The maximum absolute atomic E-state index is 10.4. The monoisotopic (exact) mass is 429 g/mol. The highest BCUT2D eigenvalue weighted by molar-refractivity contribution is 6.42. The smallest absolute Gasteiger partial charge is 0.228 e. The average Bonchev–Trinajstić information content (AvgIpc) is 3.08. The normalized spacial score (nSPS) is 12.3. The number of nitrogens with two attached hydrogens (primary N) is 1. The van der Waals surface area contributed by atoms with Crippen molar-refractivity contribution >= 4 is 40.6 Å². The molecule has 4 rings (SSSR count). The summed E-state index contributed by atoms with van der Waals surface area (Å²) in [7, 11) is 0. The molecule has 3 heterocycles. The number of aliphatic hydroxyl groups is 1. The van der Waals surface area contributed by atoms with Crippen LogP contribution in [0.5, 0.6) is 0 Å². The molecule has 1 aromatic carbocycles. The van der Waals surface area contributed by atoms with Gasteiger partial charge in [-0.05, 0) is 25.1 Å². The Kier molecular flexibility index (Phi) is 5.23. The van der Waals surface area contributed by atoms with Crippen LogP contribution in [0, 0.1) is 6.92 Å². The lowest BCUT2D eigenvalue weighted by Crippen LogP contribution is -2.15. The van der Waals surface area contributed by atoms with Gasteiger partial charge in [0.1, 0.15) is 5.82 Å². The number of hydrogen-bond acceptors (Lipinski definition) is 7. The summed E-state index contributed by atoms with van der Waals surface area (Å²) in [6, 6.07) is 8.89. The molecule has 0 amide bonds. The van der Waals surface area contributed by atoms with E-state index in [1.54, 1.807) is 24.4 Å². The van der Waals surface area contributed by atoms with Crippen LogP contribution < -0.4 is 11.1 Å². The van der Waals surface area contributed by atoms with E-state index in [0.29, 0.717) is 21.4 Å². The number of nitrogens with one attached hydrogen (secondary N) is 1. The van der Waals surface area contributed by atoms with Gasteiger partial charge in [-0.3, -0.25) is 0 Å². The minimum Gasteiger partial charge on any atom is -0.387 e. The van der Waals surface area contributed by atoms with Gasteiger partial charge in [-0.2, -0.15) is 15.0 Å². The Morgan fingerprint density at radius 1 is 1.17 bits per heavy atom. The van der Waals surface area contributed by atoms with Crippen LogP contribution in [0.4, 0.5) is 11.9 Å². The van der Waals surface area contributed by atoms with Crippen molar-refractivity contribution in [2.45, 2.75) is 13.0 Å². The second kappa shape index (κ2) is 7.82. The summed E-state index contributed by atoms with van der Waals surface area (Å²) >= 11 is 12.2. The van der Waals surface area contributed by atoms with E-state index in [1.807, 2.05) is 29.7 Å². The Labute approximate surface area is 176 Å². The summed E-state index contributed by atoms with van der Waals surface area (Å²) in [6.07, 6.45) is 2.76. The number of nitrogens with zero attached hydrogens (tertiary/aromatic N) is 5. The highest BCUT2D eigenvalue weighted by Gasteiger charge is 2.15. The summed E-state index contributed by atoms with van der Waals surface area (Å²) in [5.74, 6) is 1.57. The molecule has 1 atom stereocenters. The quantitative estimate of drug-likeness (QED) is 0.444. The van der Waals surface area contributed by atoms with Crippen LogP contribution in [-0.2, 0) is 0 Å². The lowest BCUT2D eigenvalue weighted by Gasteiger charge is -2.14. The molecule has 10 heteroatoms. The predicted molar refractivity (Wildman–Crippen MR) is 113 cm³/mol. The molecule has 0 aliphatic heterocycles. The number of benzene rings is 1. The Bertz CT molecular complexity index is 1190. The second-order valence-electron chi connectivity index (χ2n) is 6.40. The van der Waals surface area contributed by atoms with Crippen molar-refractivity contribution in [1.29, 1.82) is 0 Å². The lowest BCUT2D eigenvalue weighted by molar-refractivity contribution is 0.191.